The van der Waals surface area contributed by atoms with Crippen molar-refractivity contribution in [1.29, 1.82) is 0 Å². The summed E-state index contributed by atoms with van der Waals surface area (Å²) in [5.74, 6) is -0.271. The Hall–Kier alpha value is -1.74. The van der Waals surface area contributed by atoms with E-state index in [4.69, 9.17) is 0 Å². The fourth-order valence-electron chi connectivity index (χ4n) is 2.58. The van der Waals surface area contributed by atoms with Crippen LogP contribution in [0.25, 0.3) is 0 Å². The highest BCUT2D eigenvalue weighted by Gasteiger charge is 2.28. The molecule has 0 atom stereocenters. The van der Waals surface area contributed by atoms with Crippen LogP contribution < -0.4 is 10.9 Å². The second-order valence-corrected chi connectivity index (χ2v) is 7.77. The number of amides is 1. The van der Waals surface area contributed by atoms with Crippen LogP contribution in [-0.4, -0.2) is 54.1 Å². The minimum atomic E-state index is -3.18. The van der Waals surface area contributed by atoms with Crippen molar-refractivity contribution in [3.63, 3.8) is 0 Å². The van der Waals surface area contributed by atoms with E-state index in [-0.39, 0.29) is 17.4 Å². The highest BCUT2D eigenvalue weighted by Crippen LogP contribution is 2.19. The molecule has 8 nitrogen and oxygen atoms in total. The monoisotopic (exact) mass is 342 g/mol. The summed E-state index contributed by atoms with van der Waals surface area (Å²) in [5.41, 5.74) is 0.515. The smallest absolute Gasteiger partial charge is 0.253 e. The number of carbonyl (C=O) groups excluding carboxylic acids is 1. The summed E-state index contributed by atoms with van der Waals surface area (Å²) in [6.07, 6.45) is 3.69. The van der Waals surface area contributed by atoms with Gasteiger partial charge < -0.3 is 5.32 Å². The number of aromatic nitrogens is 2. The van der Waals surface area contributed by atoms with Gasteiger partial charge in [-0.05, 0) is 19.8 Å². The Labute approximate surface area is 135 Å². The zero-order valence-corrected chi connectivity index (χ0v) is 14.2. The SMILES string of the molecule is Cc1cc(=O)n(CCNC(=O)C2CCN(S(C)(=O)=O)CC2)cn1. The van der Waals surface area contributed by atoms with Crippen molar-refractivity contribution in [1.82, 2.24) is 19.2 Å². The largest absolute Gasteiger partial charge is 0.354 e. The van der Waals surface area contributed by atoms with Crippen molar-refractivity contribution in [2.75, 3.05) is 25.9 Å². The molecule has 2 heterocycles. The van der Waals surface area contributed by atoms with Crippen LogP contribution in [0.2, 0.25) is 0 Å². The molecule has 1 amide bonds. The van der Waals surface area contributed by atoms with E-state index in [1.807, 2.05) is 0 Å². The van der Waals surface area contributed by atoms with E-state index in [2.05, 4.69) is 10.3 Å². The molecule has 0 unspecified atom stereocenters. The topological polar surface area (TPSA) is 101 Å². The number of hydrogen-bond acceptors (Lipinski definition) is 5. The van der Waals surface area contributed by atoms with Crippen molar-refractivity contribution < 1.29 is 13.2 Å². The first kappa shape index (κ1) is 17.6. The highest BCUT2D eigenvalue weighted by molar-refractivity contribution is 7.88. The molecule has 2 rings (SSSR count). The third-order valence-electron chi connectivity index (χ3n) is 3.96. The predicted octanol–water partition coefficient (Wildman–Crippen LogP) is -0.660. The van der Waals surface area contributed by atoms with E-state index < -0.39 is 10.0 Å². The van der Waals surface area contributed by atoms with E-state index >= 15 is 0 Å². The minimum Gasteiger partial charge on any atom is -0.354 e. The van der Waals surface area contributed by atoms with Gasteiger partial charge >= 0.3 is 0 Å². The van der Waals surface area contributed by atoms with E-state index in [1.54, 1.807) is 6.92 Å². The van der Waals surface area contributed by atoms with Crippen LogP contribution in [0, 0.1) is 12.8 Å². The first-order valence-corrected chi connectivity index (χ1v) is 9.38. The quantitative estimate of drug-likeness (QED) is 0.765. The van der Waals surface area contributed by atoms with Crippen LogP contribution >= 0.6 is 0 Å². The van der Waals surface area contributed by atoms with Crippen LogP contribution in [-0.2, 0) is 21.4 Å². The van der Waals surface area contributed by atoms with Gasteiger partial charge in [-0.3, -0.25) is 14.2 Å². The minimum absolute atomic E-state index is 0.0914. The van der Waals surface area contributed by atoms with Gasteiger partial charge in [0.2, 0.25) is 15.9 Å². The van der Waals surface area contributed by atoms with Crippen molar-refractivity contribution >= 4 is 15.9 Å². The number of rotatable bonds is 5. The van der Waals surface area contributed by atoms with Crippen LogP contribution in [0.3, 0.4) is 0 Å². The van der Waals surface area contributed by atoms with E-state index in [1.165, 1.54) is 27.5 Å². The van der Waals surface area contributed by atoms with E-state index in [9.17, 15) is 18.0 Å². The van der Waals surface area contributed by atoms with Gasteiger partial charge in [0.25, 0.3) is 5.56 Å². The van der Waals surface area contributed by atoms with Crippen LogP contribution in [0.4, 0.5) is 0 Å². The summed E-state index contributed by atoms with van der Waals surface area (Å²) < 4.78 is 25.7. The van der Waals surface area contributed by atoms with Crippen LogP contribution in [0.5, 0.6) is 0 Å². The van der Waals surface area contributed by atoms with E-state index in [0.717, 1.165) is 0 Å². The fourth-order valence-corrected chi connectivity index (χ4v) is 3.45. The van der Waals surface area contributed by atoms with E-state index in [0.29, 0.717) is 44.7 Å². The summed E-state index contributed by atoms with van der Waals surface area (Å²) in [7, 11) is -3.18. The molecule has 0 bridgehead atoms. The second kappa shape index (κ2) is 7.22. The van der Waals surface area contributed by atoms with Gasteiger partial charge in [0, 0.05) is 43.9 Å². The normalized spacial score (nSPS) is 17.1. The number of piperidine rings is 1. The summed E-state index contributed by atoms with van der Waals surface area (Å²) in [6.45, 7) is 3.20. The van der Waals surface area contributed by atoms with Gasteiger partial charge in [0.05, 0.1) is 12.6 Å². The Kier molecular flexibility index (Phi) is 5.53. The highest BCUT2D eigenvalue weighted by atomic mass is 32.2. The standard InChI is InChI=1S/C14H22N4O4S/c1-11-9-13(19)17(10-16-11)8-5-15-14(20)12-3-6-18(7-4-12)23(2,21)22/h9-10,12H,3-8H2,1-2H3,(H,15,20). The number of hydrogen-bond donors (Lipinski definition) is 1. The second-order valence-electron chi connectivity index (χ2n) is 5.79. The first-order valence-electron chi connectivity index (χ1n) is 7.53. The number of carbonyl (C=O) groups is 1. The fraction of sp³-hybridized carbons (Fsp3) is 0.643. The Morgan fingerprint density at radius 1 is 1.39 bits per heavy atom. The zero-order valence-electron chi connectivity index (χ0n) is 13.4. The zero-order chi connectivity index (χ0) is 17.0. The maximum atomic E-state index is 12.1. The lowest BCUT2D eigenvalue weighted by molar-refractivity contribution is -0.126. The lowest BCUT2D eigenvalue weighted by atomic mass is 9.97. The maximum Gasteiger partial charge on any atom is 0.253 e. The Bertz CT molecular complexity index is 721. The molecule has 0 radical (unpaired) electrons. The van der Waals surface area contributed by atoms with Gasteiger partial charge in [-0.2, -0.15) is 0 Å². The van der Waals surface area contributed by atoms with Crippen LogP contribution in [0.1, 0.15) is 18.5 Å². The summed E-state index contributed by atoms with van der Waals surface area (Å²) in [5, 5.41) is 2.80. The molecule has 1 saturated heterocycles. The van der Waals surface area contributed by atoms with Gasteiger partial charge in [0.15, 0.2) is 0 Å². The Morgan fingerprint density at radius 3 is 2.61 bits per heavy atom. The third kappa shape index (κ3) is 4.87. The molecular formula is C14H22N4O4S. The molecule has 1 fully saturated rings. The molecule has 9 heteroatoms. The Balaban J connectivity index is 1.79. The third-order valence-corrected chi connectivity index (χ3v) is 5.27. The molecule has 1 aromatic heterocycles. The van der Waals surface area contributed by atoms with Crippen molar-refractivity contribution in [2.24, 2.45) is 5.92 Å². The van der Waals surface area contributed by atoms with Crippen LogP contribution in [0.15, 0.2) is 17.2 Å². The molecule has 0 aliphatic carbocycles. The lowest BCUT2D eigenvalue weighted by Crippen LogP contribution is -2.43. The molecule has 1 aromatic rings. The number of nitrogens with zero attached hydrogens (tertiary/aromatic N) is 3. The van der Waals surface area contributed by atoms with Gasteiger partial charge in [0.1, 0.15) is 0 Å². The number of aryl methyl sites for hydroxylation is 1. The van der Waals surface area contributed by atoms with Crippen molar-refractivity contribution in [3.05, 3.63) is 28.4 Å². The number of nitrogens with one attached hydrogen (secondary N) is 1. The van der Waals surface area contributed by atoms with Gasteiger partial charge in [-0.25, -0.2) is 17.7 Å². The average Bonchev–Trinajstić information content (AvgIpc) is 2.48. The molecule has 128 valence electrons. The summed E-state index contributed by atoms with van der Waals surface area (Å²) in [6, 6.07) is 1.45. The molecule has 0 aromatic carbocycles. The maximum absolute atomic E-state index is 12.1. The first-order chi connectivity index (χ1) is 10.8. The average molecular weight is 342 g/mol. The van der Waals surface area contributed by atoms with Gasteiger partial charge in [-0.1, -0.05) is 0 Å². The molecular weight excluding hydrogens is 320 g/mol. The number of sulfonamides is 1. The Morgan fingerprint density at radius 2 is 2.04 bits per heavy atom. The van der Waals surface area contributed by atoms with Crippen molar-refractivity contribution in [2.45, 2.75) is 26.3 Å². The predicted molar refractivity (Wildman–Crippen MR) is 85.4 cm³/mol. The molecule has 23 heavy (non-hydrogen) atoms. The summed E-state index contributed by atoms with van der Waals surface area (Å²) in [4.78, 5) is 27.8. The molecule has 0 saturated carbocycles. The van der Waals surface area contributed by atoms with Gasteiger partial charge in [-0.15, -0.1) is 0 Å². The lowest BCUT2D eigenvalue weighted by Gasteiger charge is -2.29. The molecule has 0 spiro atoms. The molecule has 1 N–H and O–H groups in total. The molecule has 1 aliphatic heterocycles. The van der Waals surface area contributed by atoms with Crippen molar-refractivity contribution in [3.8, 4) is 0 Å². The molecule has 1 aliphatic rings. The summed E-state index contributed by atoms with van der Waals surface area (Å²) >= 11 is 0.